The van der Waals surface area contributed by atoms with Gasteiger partial charge in [0, 0.05) is 10.9 Å². The van der Waals surface area contributed by atoms with Gasteiger partial charge in [0.2, 0.25) is 10.0 Å². The molecule has 0 bridgehead atoms. The molecule has 2 rings (SSSR count). The van der Waals surface area contributed by atoms with E-state index in [2.05, 4.69) is 20.7 Å². The highest BCUT2D eigenvalue weighted by Gasteiger charge is 2.23. The third-order valence-corrected chi connectivity index (χ3v) is 6.32. The molecule has 0 saturated carbocycles. The van der Waals surface area contributed by atoms with Crippen LogP contribution in [0, 0.1) is 6.92 Å². The zero-order valence-electron chi connectivity index (χ0n) is 11.3. The predicted molar refractivity (Wildman–Crippen MR) is 86.6 cm³/mol. The molecule has 0 aliphatic carbocycles. The van der Waals surface area contributed by atoms with E-state index in [4.69, 9.17) is 0 Å². The average Bonchev–Trinajstić information content (AvgIpc) is 2.77. The van der Waals surface area contributed by atoms with Crippen LogP contribution in [-0.4, -0.2) is 8.42 Å². The lowest BCUT2D eigenvalue weighted by molar-refractivity contribution is 0.550. The van der Waals surface area contributed by atoms with Crippen molar-refractivity contribution in [1.29, 1.82) is 0 Å². The monoisotopic (exact) mass is 373 g/mol. The van der Waals surface area contributed by atoms with Crippen LogP contribution in [0.4, 0.5) is 0 Å². The fraction of sp³-hybridized carbons (Fsp3) is 0.286. The lowest BCUT2D eigenvalue weighted by Gasteiger charge is -2.17. The SMILES string of the molecule is CCC(NS(=O)(=O)c1cc(Br)sc1C)c1ccccc1. The summed E-state index contributed by atoms with van der Waals surface area (Å²) >= 11 is 4.75. The minimum Gasteiger partial charge on any atom is -0.207 e. The Kier molecular flexibility index (Phi) is 5.01. The van der Waals surface area contributed by atoms with Crippen molar-refractivity contribution < 1.29 is 8.42 Å². The van der Waals surface area contributed by atoms with Crippen molar-refractivity contribution >= 4 is 37.3 Å². The maximum atomic E-state index is 12.5. The van der Waals surface area contributed by atoms with Gasteiger partial charge in [0.1, 0.15) is 0 Å². The molecule has 1 aromatic heterocycles. The molecule has 0 spiro atoms. The fourth-order valence-corrected chi connectivity index (χ4v) is 5.74. The Bertz CT molecular complexity index is 680. The minimum absolute atomic E-state index is 0.209. The molecule has 0 aliphatic heterocycles. The quantitative estimate of drug-likeness (QED) is 0.851. The van der Waals surface area contributed by atoms with Gasteiger partial charge in [-0.2, -0.15) is 0 Å². The predicted octanol–water partition coefficient (Wildman–Crippen LogP) is 4.25. The maximum absolute atomic E-state index is 12.5. The number of hydrogen-bond donors (Lipinski definition) is 1. The van der Waals surface area contributed by atoms with Gasteiger partial charge in [-0.05, 0) is 40.9 Å². The van der Waals surface area contributed by atoms with E-state index in [0.29, 0.717) is 11.3 Å². The zero-order valence-corrected chi connectivity index (χ0v) is 14.5. The summed E-state index contributed by atoms with van der Waals surface area (Å²) in [6.45, 7) is 3.78. The number of aryl methyl sites for hydroxylation is 1. The second-order valence-corrected chi connectivity index (χ2v) is 8.78. The van der Waals surface area contributed by atoms with Crippen LogP contribution in [0.1, 0.15) is 29.8 Å². The number of sulfonamides is 1. The highest BCUT2D eigenvalue weighted by molar-refractivity contribution is 9.11. The molecule has 1 aromatic carbocycles. The van der Waals surface area contributed by atoms with Gasteiger partial charge in [0.15, 0.2) is 0 Å². The highest BCUT2D eigenvalue weighted by atomic mass is 79.9. The molecule has 0 aliphatic rings. The number of rotatable bonds is 5. The molecule has 0 amide bonds. The Hall–Kier alpha value is -0.690. The summed E-state index contributed by atoms with van der Waals surface area (Å²) in [5.41, 5.74) is 0.977. The molecule has 3 nitrogen and oxygen atoms in total. The molecule has 1 heterocycles. The van der Waals surface area contributed by atoms with E-state index in [1.54, 1.807) is 6.07 Å². The van der Waals surface area contributed by atoms with Crippen LogP contribution in [0.3, 0.4) is 0 Å². The van der Waals surface area contributed by atoms with Crippen LogP contribution in [0.25, 0.3) is 0 Å². The lowest BCUT2D eigenvalue weighted by atomic mass is 10.1. The van der Waals surface area contributed by atoms with Gasteiger partial charge in [-0.1, -0.05) is 37.3 Å². The van der Waals surface area contributed by atoms with E-state index >= 15 is 0 Å². The number of benzene rings is 1. The number of thiophene rings is 1. The van der Waals surface area contributed by atoms with Gasteiger partial charge in [-0.3, -0.25) is 0 Å². The first kappa shape index (κ1) is 15.7. The normalized spacial score (nSPS) is 13.3. The van der Waals surface area contributed by atoms with Crippen molar-refractivity contribution in [3.63, 3.8) is 0 Å². The Morgan fingerprint density at radius 3 is 2.45 bits per heavy atom. The van der Waals surface area contributed by atoms with Crippen molar-refractivity contribution in [2.24, 2.45) is 0 Å². The van der Waals surface area contributed by atoms with Crippen molar-refractivity contribution in [2.45, 2.75) is 31.2 Å². The largest absolute Gasteiger partial charge is 0.242 e. The first-order valence-corrected chi connectivity index (χ1v) is 9.36. The van der Waals surface area contributed by atoms with Crippen molar-refractivity contribution in [1.82, 2.24) is 4.72 Å². The van der Waals surface area contributed by atoms with Gasteiger partial charge < -0.3 is 0 Å². The van der Waals surface area contributed by atoms with E-state index in [-0.39, 0.29) is 6.04 Å². The third-order valence-electron chi connectivity index (χ3n) is 3.04. The molecular weight excluding hydrogens is 358 g/mol. The van der Waals surface area contributed by atoms with E-state index in [0.717, 1.165) is 14.2 Å². The van der Waals surface area contributed by atoms with Gasteiger partial charge in [0.25, 0.3) is 0 Å². The summed E-state index contributed by atoms with van der Waals surface area (Å²) in [4.78, 5) is 1.14. The van der Waals surface area contributed by atoms with Gasteiger partial charge >= 0.3 is 0 Å². The summed E-state index contributed by atoms with van der Waals surface area (Å²) in [6, 6.07) is 11.1. The first-order chi connectivity index (χ1) is 9.44. The standard InChI is InChI=1S/C14H16BrNO2S2/c1-3-12(11-7-5-4-6-8-11)16-20(17,18)13-9-14(15)19-10(13)2/h4-9,12,16H,3H2,1-2H3. The molecule has 1 unspecified atom stereocenters. The van der Waals surface area contributed by atoms with Crippen LogP contribution < -0.4 is 4.72 Å². The molecule has 2 aromatic rings. The Morgan fingerprint density at radius 1 is 1.30 bits per heavy atom. The van der Waals surface area contributed by atoms with E-state index in [1.807, 2.05) is 44.2 Å². The molecule has 1 N–H and O–H groups in total. The second kappa shape index (κ2) is 6.39. The number of nitrogens with one attached hydrogen (secondary N) is 1. The minimum atomic E-state index is -3.50. The fourth-order valence-electron chi connectivity index (χ4n) is 2.02. The molecule has 0 fully saturated rings. The van der Waals surface area contributed by atoms with Gasteiger partial charge in [0.05, 0.1) is 8.68 Å². The second-order valence-electron chi connectivity index (χ2n) is 4.46. The summed E-state index contributed by atoms with van der Waals surface area (Å²) in [5.74, 6) is 0. The smallest absolute Gasteiger partial charge is 0.207 e. The van der Waals surface area contributed by atoms with Gasteiger partial charge in [-0.15, -0.1) is 11.3 Å². The summed E-state index contributed by atoms with van der Waals surface area (Å²) in [7, 11) is -3.50. The Labute approximate surface area is 132 Å². The summed E-state index contributed by atoms with van der Waals surface area (Å²) < 4.78 is 28.6. The Morgan fingerprint density at radius 2 is 1.95 bits per heavy atom. The maximum Gasteiger partial charge on any atom is 0.242 e. The molecule has 1 atom stereocenters. The van der Waals surface area contributed by atoms with E-state index < -0.39 is 10.0 Å². The molecule has 6 heteroatoms. The number of hydrogen-bond acceptors (Lipinski definition) is 3. The van der Waals surface area contributed by atoms with Crippen LogP contribution >= 0.6 is 27.3 Å². The van der Waals surface area contributed by atoms with Crippen LogP contribution in [0.5, 0.6) is 0 Å². The van der Waals surface area contributed by atoms with Crippen molar-refractivity contribution in [3.8, 4) is 0 Å². The topological polar surface area (TPSA) is 46.2 Å². The lowest BCUT2D eigenvalue weighted by Crippen LogP contribution is -2.28. The molecular formula is C14H16BrNO2S2. The third kappa shape index (κ3) is 3.49. The molecule has 108 valence electrons. The van der Waals surface area contributed by atoms with E-state index in [9.17, 15) is 8.42 Å². The van der Waals surface area contributed by atoms with E-state index in [1.165, 1.54) is 11.3 Å². The summed E-state index contributed by atoms with van der Waals surface area (Å²) in [6.07, 6.45) is 0.702. The van der Waals surface area contributed by atoms with Crippen molar-refractivity contribution in [3.05, 3.63) is 50.6 Å². The van der Waals surface area contributed by atoms with Gasteiger partial charge in [-0.25, -0.2) is 13.1 Å². The van der Waals surface area contributed by atoms with Crippen molar-refractivity contribution in [2.75, 3.05) is 0 Å². The highest BCUT2D eigenvalue weighted by Crippen LogP contribution is 2.30. The average molecular weight is 374 g/mol. The van der Waals surface area contributed by atoms with Crippen LogP contribution in [-0.2, 0) is 10.0 Å². The van der Waals surface area contributed by atoms with Crippen LogP contribution in [0.2, 0.25) is 0 Å². The summed E-state index contributed by atoms with van der Waals surface area (Å²) in [5, 5.41) is 0. The molecule has 0 radical (unpaired) electrons. The molecule has 20 heavy (non-hydrogen) atoms. The zero-order chi connectivity index (χ0) is 14.8. The molecule has 0 saturated heterocycles. The number of halogens is 1. The first-order valence-electron chi connectivity index (χ1n) is 6.27. The Balaban J connectivity index is 2.29. The van der Waals surface area contributed by atoms with Crippen LogP contribution in [0.15, 0.2) is 45.1 Å².